The quantitative estimate of drug-likeness (QED) is 0.412. The Labute approximate surface area is 191 Å². The van der Waals surface area contributed by atoms with Crippen molar-refractivity contribution >= 4 is 28.8 Å². The number of aromatic nitrogens is 4. The van der Waals surface area contributed by atoms with Gasteiger partial charge < -0.3 is 19.9 Å². The van der Waals surface area contributed by atoms with Crippen molar-refractivity contribution in [1.29, 1.82) is 0 Å². The standard InChI is InChI=1S/C22H21N5O7/c1-10-24-18-15(19(31)25-10)23-9-27(18)22-17(30)16(29)14(34-22)7-6-11(28)8-26-20(32)12-4-2-3-5-13(12)21(26)33/h2-5,9,14,16-17,22,29-30H,6-8H2,1H3,(H,24,25,31)/t14-,16?,17+,22-/m1/s1. The zero-order chi connectivity index (χ0) is 24.1. The molecule has 2 aliphatic heterocycles. The summed E-state index contributed by atoms with van der Waals surface area (Å²) in [4.78, 5) is 61.2. The van der Waals surface area contributed by atoms with Gasteiger partial charge in [0.1, 0.15) is 18.0 Å². The van der Waals surface area contributed by atoms with Gasteiger partial charge in [0.05, 0.1) is 30.1 Å². The lowest BCUT2D eigenvalue weighted by Gasteiger charge is -2.16. The number of carbonyl (C=O) groups is 3. The summed E-state index contributed by atoms with van der Waals surface area (Å²) >= 11 is 0. The number of rotatable bonds is 6. The van der Waals surface area contributed by atoms with E-state index in [0.717, 1.165) is 4.90 Å². The van der Waals surface area contributed by atoms with Gasteiger partial charge in [-0.15, -0.1) is 0 Å². The summed E-state index contributed by atoms with van der Waals surface area (Å²) in [5.41, 5.74) is 0.340. The number of aliphatic hydroxyl groups is 2. The molecule has 1 saturated heterocycles. The predicted molar refractivity (Wildman–Crippen MR) is 115 cm³/mol. The predicted octanol–water partition coefficient (Wildman–Crippen LogP) is -0.307. The summed E-state index contributed by atoms with van der Waals surface area (Å²) in [6.07, 6.45) is -3.36. The monoisotopic (exact) mass is 467 g/mol. The number of benzene rings is 1. The first-order valence-electron chi connectivity index (χ1n) is 10.7. The highest BCUT2D eigenvalue weighted by Gasteiger charge is 2.44. The van der Waals surface area contributed by atoms with Crippen molar-refractivity contribution in [3.05, 3.63) is 57.9 Å². The van der Waals surface area contributed by atoms with E-state index in [0.29, 0.717) is 5.82 Å². The van der Waals surface area contributed by atoms with E-state index < -0.39 is 41.9 Å². The molecule has 3 aromatic rings. The highest BCUT2D eigenvalue weighted by atomic mass is 16.6. The Bertz CT molecular complexity index is 1340. The maximum absolute atomic E-state index is 12.5. The van der Waals surface area contributed by atoms with Gasteiger partial charge in [-0.05, 0) is 25.5 Å². The first kappa shape index (κ1) is 22.1. The molecule has 0 saturated carbocycles. The number of hydrogen-bond donors (Lipinski definition) is 3. The van der Waals surface area contributed by atoms with Crippen molar-refractivity contribution in [2.45, 2.75) is 44.3 Å². The number of fused-ring (bicyclic) bond motifs is 2. The van der Waals surface area contributed by atoms with Crippen LogP contribution >= 0.6 is 0 Å². The lowest BCUT2D eigenvalue weighted by Crippen LogP contribution is -2.36. The molecule has 176 valence electrons. The van der Waals surface area contributed by atoms with Gasteiger partial charge in [0.15, 0.2) is 23.2 Å². The van der Waals surface area contributed by atoms with Crippen LogP contribution in [0.15, 0.2) is 35.4 Å². The van der Waals surface area contributed by atoms with Crippen LogP contribution in [0.25, 0.3) is 11.2 Å². The molecule has 12 nitrogen and oxygen atoms in total. The molecule has 0 aliphatic carbocycles. The maximum Gasteiger partial charge on any atom is 0.279 e. The van der Waals surface area contributed by atoms with Crippen molar-refractivity contribution in [1.82, 2.24) is 24.4 Å². The van der Waals surface area contributed by atoms with Gasteiger partial charge in [-0.3, -0.25) is 28.6 Å². The summed E-state index contributed by atoms with van der Waals surface area (Å²) in [6.45, 7) is 1.21. The van der Waals surface area contributed by atoms with Crippen LogP contribution in [-0.4, -0.2) is 77.1 Å². The third kappa shape index (κ3) is 3.52. The zero-order valence-electron chi connectivity index (χ0n) is 18.0. The fourth-order valence-corrected chi connectivity index (χ4v) is 4.36. The van der Waals surface area contributed by atoms with Gasteiger partial charge in [0, 0.05) is 6.42 Å². The summed E-state index contributed by atoms with van der Waals surface area (Å²) in [5.74, 6) is -1.08. The number of amides is 2. The van der Waals surface area contributed by atoms with E-state index in [1.165, 1.54) is 23.0 Å². The third-order valence-electron chi connectivity index (χ3n) is 6.08. The van der Waals surface area contributed by atoms with E-state index in [2.05, 4.69) is 15.0 Å². The zero-order valence-corrected chi connectivity index (χ0v) is 18.0. The molecule has 0 spiro atoms. The van der Waals surface area contributed by atoms with Crippen molar-refractivity contribution in [3.8, 4) is 0 Å². The Morgan fingerprint density at radius 3 is 2.47 bits per heavy atom. The van der Waals surface area contributed by atoms with Gasteiger partial charge in [-0.25, -0.2) is 9.97 Å². The average Bonchev–Trinajstić information content (AvgIpc) is 3.43. The number of imidazole rings is 1. The van der Waals surface area contributed by atoms with Gasteiger partial charge in [-0.1, -0.05) is 12.1 Å². The number of Topliss-reactive ketones (excluding diaryl/α,β-unsaturated/α-hetero) is 1. The summed E-state index contributed by atoms with van der Waals surface area (Å²) in [7, 11) is 0. The van der Waals surface area contributed by atoms with Crippen molar-refractivity contribution in [2.24, 2.45) is 0 Å². The maximum atomic E-state index is 12.5. The molecule has 5 rings (SSSR count). The van der Waals surface area contributed by atoms with E-state index >= 15 is 0 Å². The minimum atomic E-state index is -1.35. The topological polar surface area (TPSA) is 168 Å². The molecular weight excluding hydrogens is 446 g/mol. The number of aliphatic hydroxyl groups excluding tert-OH is 2. The molecule has 3 N–H and O–H groups in total. The van der Waals surface area contributed by atoms with E-state index in [1.807, 2.05) is 0 Å². The highest BCUT2D eigenvalue weighted by molar-refractivity contribution is 6.22. The second kappa shape index (κ2) is 8.24. The fourth-order valence-electron chi connectivity index (χ4n) is 4.36. The largest absolute Gasteiger partial charge is 0.388 e. The van der Waals surface area contributed by atoms with Gasteiger partial charge in [0.25, 0.3) is 17.4 Å². The van der Waals surface area contributed by atoms with Gasteiger partial charge >= 0.3 is 0 Å². The number of aryl methyl sites for hydroxylation is 1. The number of carbonyl (C=O) groups excluding carboxylic acids is 3. The summed E-state index contributed by atoms with van der Waals surface area (Å²) in [6, 6.07) is 6.36. The molecule has 0 bridgehead atoms. The van der Waals surface area contributed by atoms with Crippen molar-refractivity contribution < 1.29 is 29.3 Å². The number of ether oxygens (including phenoxy) is 1. The Kier molecular flexibility index (Phi) is 5.35. The van der Waals surface area contributed by atoms with Crippen LogP contribution in [0.3, 0.4) is 0 Å². The van der Waals surface area contributed by atoms with E-state index in [9.17, 15) is 29.4 Å². The Morgan fingerprint density at radius 2 is 1.79 bits per heavy atom. The number of aromatic amines is 1. The second-order valence-electron chi connectivity index (χ2n) is 8.34. The normalized spacial score (nSPS) is 24.3. The minimum absolute atomic E-state index is 0.0520. The first-order valence-corrected chi connectivity index (χ1v) is 10.7. The van der Waals surface area contributed by atoms with E-state index in [4.69, 9.17) is 4.74 Å². The highest BCUT2D eigenvalue weighted by Crippen LogP contribution is 2.33. The molecule has 1 unspecified atom stereocenters. The molecule has 4 heterocycles. The summed E-state index contributed by atoms with van der Waals surface area (Å²) in [5, 5.41) is 21.0. The lowest BCUT2D eigenvalue weighted by molar-refractivity contribution is -0.120. The lowest BCUT2D eigenvalue weighted by atomic mass is 10.0. The Hall–Kier alpha value is -3.74. The van der Waals surface area contributed by atoms with Crippen molar-refractivity contribution in [2.75, 3.05) is 6.54 Å². The molecule has 2 aliphatic rings. The van der Waals surface area contributed by atoms with Crippen LogP contribution in [0, 0.1) is 6.92 Å². The number of nitrogens with one attached hydrogen (secondary N) is 1. The molecule has 1 aromatic carbocycles. The summed E-state index contributed by atoms with van der Waals surface area (Å²) < 4.78 is 7.17. The van der Waals surface area contributed by atoms with Crippen LogP contribution in [0.1, 0.15) is 45.6 Å². The number of H-pyrrole nitrogens is 1. The third-order valence-corrected chi connectivity index (χ3v) is 6.08. The number of hydrogen-bond acceptors (Lipinski definition) is 9. The molecule has 0 radical (unpaired) electrons. The van der Waals surface area contributed by atoms with Crippen molar-refractivity contribution in [3.63, 3.8) is 0 Å². The molecule has 2 aromatic heterocycles. The van der Waals surface area contributed by atoms with Crippen LogP contribution < -0.4 is 5.56 Å². The molecule has 2 amide bonds. The Balaban J connectivity index is 1.25. The molecular formula is C22H21N5O7. The smallest absolute Gasteiger partial charge is 0.279 e. The molecule has 12 heteroatoms. The molecule has 4 atom stereocenters. The fraction of sp³-hybridized carbons (Fsp3) is 0.364. The number of ketones is 1. The second-order valence-corrected chi connectivity index (χ2v) is 8.34. The average molecular weight is 467 g/mol. The van der Waals surface area contributed by atoms with Crippen LogP contribution in [-0.2, 0) is 9.53 Å². The number of imide groups is 1. The van der Waals surface area contributed by atoms with Crippen LogP contribution in [0.2, 0.25) is 0 Å². The first-order chi connectivity index (χ1) is 16.3. The molecule has 1 fully saturated rings. The number of nitrogens with zero attached hydrogens (tertiary/aromatic N) is 4. The van der Waals surface area contributed by atoms with Gasteiger partial charge in [-0.2, -0.15) is 0 Å². The Morgan fingerprint density at radius 1 is 1.12 bits per heavy atom. The minimum Gasteiger partial charge on any atom is -0.388 e. The van der Waals surface area contributed by atoms with E-state index in [-0.39, 0.29) is 47.5 Å². The SMILES string of the molecule is Cc1nc2c(ncn2[C@@H]2O[C@H](CCC(=O)CN3C(=O)c4ccccc4C3=O)C(O)[C@@H]2O)c(=O)[nH]1. The van der Waals surface area contributed by atoms with Crippen LogP contribution in [0.5, 0.6) is 0 Å². The van der Waals surface area contributed by atoms with Crippen LogP contribution in [0.4, 0.5) is 0 Å². The molecule has 34 heavy (non-hydrogen) atoms. The van der Waals surface area contributed by atoms with Gasteiger partial charge in [0.2, 0.25) is 0 Å². The van der Waals surface area contributed by atoms with E-state index in [1.54, 1.807) is 19.1 Å².